The van der Waals surface area contributed by atoms with Crippen molar-refractivity contribution in [3.63, 3.8) is 0 Å². The smallest absolute Gasteiger partial charge is 0.312 e. The summed E-state index contributed by atoms with van der Waals surface area (Å²) < 4.78 is 0. The molecule has 2 atom stereocenters. The molecule has 0 radical (unpaired) electrons. The van der Waals surface area contributed by atoms with E-state index in [2.05, 4.69) is 28.5 Å². The maximum atomic E-state index is 12.5. The van der Waals surface area contributed by atoms with Crippen LogP contribution in [0.1, 0.15) is 38.7 Å². The van der Waals surface area contributed by atoms with Crippen LogP contribution in [0.3, 0.4) is 0 Å². The normalized spacial score (nSPS) is 16.5. The molecule has 1 aromatic rings. The number of hydrogen-bond donors (Lipinski definition) is 3. The maximum Gasteiger partial charge on any atom is 0.312 e. The number of benzene rings is 1. The van der Waals surface area contributed by atoms with E-state index in [1.165, 1.54) is 18.5 Å². The van der Waals surface area contributed by atoms with Gasteiger partial charge in [0.25, 0.3) is 0 Å². The Morgan fingerprint density at radius 1 is 1.29 bits per heavy atom. The number of aryl methyl sites for hydroxylation is 1. The number of urea groups is 1. The molecule has 24 heavy (non-hydrogen) atoms. The summed E-state index contributed by atoms with van der Waals surface area (Å²) in [6, 6.07) is 4.62. The predicted molar refractivity (Wildman–Crippen MR) is 97.2 cm³/mol. The lowest BCUT2D eigenvalue weighted by molar-refractivity contribution is -0.119. The van der Waals surface area contributed by atoms with E-state index in [4.69, 9.17) is 5.73 Å². The van der Waals surface area contributed by atoms with Crippen LogP contribution in [0.2, 0.25) is 0 Å². The highest BCUT2D eigenvalue weighted by atomic mass is 16.2. The van der Waals surface area contributed by atoms with E-state index in [0.29, 0.717) is 0 Å². The van der Waals surface area contributed by atoms with Gasteiger partial charge in [0.1, 0.15) is 6.04 Å². The summed E-state index contributed by atoms with van der Waals surface area (Å²) in [6.45, 7) is 8.12. The summed E-state index contributed by atoms with van der Waals surface area (Å²) in [5.41, 5.74) is 8.29. The molecule has 2 rings (SSSR count). The quantitative estimate of drug-likeness (QED) is 0.748. The van der Waals surface area contributed by atoms with Crippen molar-refractivity contribution in [2.24, 2.45) is 11.7 Å². The Bertz CT molecular complexity index is 597. The van der Waals surface area contributed by atoms with Gasteiger partial charge < -0.3 is 21.3 Å². The Balaban J connectivity index is 2.09. The standard InChI is InChI=1S/C18H28N4O2/c1-4-12(2)16(21-18(19)24)17(23)20-14-7-8-15(13(3)11-14)22-9-5-6-10-22/h7-8,11-12,16H,4-6,9-10H2,1-3H3,(H,20,23)(H3,19,21,24)/t12-,16-/m1/s1. The highest BCUT2D eigenvalue weighted by Crippen LogP contribution is 2.27. The Kier molecular flexibility index (Phi) is 6.06. The second-order valence-corrected chi connectivity index (χ2v) is 6.56. The predicted octanol–water partition coefficient (Wildman–Crippen LogP) is 2.62. The number of nitrogens with zero attached hydrogens (tertiary/aromatic N) is 1. The van der Waals surface area contributed by atoms with Gasteiger partial charge in [-0.25, -0.2) is 4.79 Å². The van der Waals surface area contributed by atoms with Crippen LogP contribution in [0.15, 0.2) is 18.2 Å². The number of hydrogen-bond acceptors (Lipinski definition) is 3. The monoisotopic (exact) mass is 332 g/mol. The molecule has 1 aromatic carbocycles. The molecule has 1 aliphatic heterocycles. The van der Waals surface area contributed by atoms with Crippen LogP contribution in [0.25, 0.3) is 0 Å². The first-order valence-electron chi connectivity index (χ1n) is 8.64. The van der Waals surface area contributed by atoms with Crippen LogP contribution in [-0.4, -0.2) is 31.1 Å². The molecule has 1 saturated heterocycles. The third kappa shape index (κ3) is 4.40. The van der Waals surface area contributed by atoms with E-state index in [1.54, 1.807) is 0 Å². The lowest BCUT2D eigenvalue weighted by Gasteiger charge is -2.24. The van der Waals surface area contributed by atoms with Crippen molar-refractivity contribution in [3.8, 4) is 0 Å². The molecule has 4 N–H and O–H groups in total. The van der Waals surface area contributed by atoms with Gasteiger partial charge in [-0.05, 0) is 49.4 Å². The second kappa shape index (κ2) is 8.04. The first-order valence-corrected chi connectivity index (χ1v) is 8.64. The van der Waals surface area contributed by atoms with Crippen molar-refractivity contribution in [2.45, 2.75) is 46.1 Å². The number of amides is 3. The van der Waals surface area contributed by atoms with Crippen molar-refractivity contribution in [1.29, 1.82) is 0 Å². The third-order valence-corrected chi connectivity index (χ3v) is 4.70. The van der Waals surface area contributed by atoms with Crippen molar-refractivity contribution < 1.29 is 9.59 Å². The Labute approximate surface area is 143 Å². The molecule has 6 nitrogen and oxygen atoms in total. The minimum Gasteiger partial charge on any atom is -0.371 e. The first-order chi connectivity index (χ1) is 11.4. The lowest BCUT2D eigenvalue weighted by atomic mass is 9.98. The number of anilines is 2. The van der Waals surface area contributed by atoms with E-state index in [0.717, 1.165) is 30.8 Å². The molecule has 132 valence electrons. The van der Waals surface area contributed by atoms with Gasteiger partial charge in [0, 0.05) is 24.5 Å². The summed E-state index contributed by atoms with van der Waals surface area (Å²) in [4.78, 5) is 26.0. The summed E-state index contributed by atoms with van der Waals surface area (Å²) in [5.74, 6) is -0.237. The second-order valence-electron chi connectivity index (χ2n) is 6.56. The van der Waals surface area contributed by atoms with E-state index in [-0.39, 0.29) is 11.8 Å². The van der Waals surface area contributed by atoms with Crippen LogP contribution >= 0.6 is 0 Å². The molecule has 0 unspecified atom stereocenters. The fraction of sp³-hybridized carbons (Fsp3) is 0.556. The van der Waals surface area contributed by atoms with Crippen LogP contribution in [-0.2, 0) is 4.79 Å². The molecule has 0 aromatic heterocycles. The largest absolute Gasteiger partial charge is 0.371 e. The van der Waals surface area contributed by atoms with Crippen molar-refractivity contribution in [2.75, 3.05) is 23.3 Å². The number of nitrogens with two attached hydrogens (primary N) is 1. The van der Waals surface area contributed by atoms with Crippen molar-refractivity contribution in [1.82, 2.24) is 5.32 Å². The van der Waals surface area contributed by atoms with Gasteiger partial charge in [-0.15, -0.1) is 0 Å². The molecular formula is C18H28N4O2. The van der Waals surface area contributed by atoms with Gasteiger partial charge in [-0.1, -0.05) is 20.3 Å². The minimum absolute atomic E-state index is 0.00229. The average molecular weight is 332 g/mol. The SMILES string of the molecule is CC[C@@H](C)[C@@H](NC(N)=O)C(=O)Nc1ccc(N2CCCC2)c(C)c1. The van der Waals surface area contributed by atoms with E-state index < -0.39 is 12.1 Å². The van der Waals surface area contributed by atoms with Gasteiger partial charge in [0.15, 0.2) is 0 Å². The summed E-state index contributed by atoms with van der Waals surface area (Å²) >= 11 is 0. The molecule has 0 saturated carbocycles. The van der Waals surface area contributed by atoms with Crippen LogP contribution in [0.4, 0.5) is 16.2 Å². The maximum absolute atomic E-state index is 12.5. The molecule has 0 bridgehead atoms. The van der Waals surface area contributed by atoms with Crippen LogP contribution < -0.4 is 21.3 Å². The first kappa shape index (κ1) is 18.1. The molecule has 1 heterocycles. The minimum atomic E-state index is -0.684. The molecule has 0 aliphatic carbocycles. The van der Waals surface area contributed by atoms with Crippen molar-refractivity contribution in [3.05, 3.63) is 23.8 Å². The Hall–Kier alpha value is -2.24. The number of carbonyl (C=O) groups excluding carboxylic acids is 2. The molecule has 3 amide bonds. The Morgan fingerprint density at radius 2 is 1.96 bits per heavy atom. The van der Waals surface area contributed by atoms with E-state index in [9.17, 15) is 9.59 Å². The topological polar surface area (TPSA) is 87.5 Å². The molecule has 1 fully saturated rings. The van der Waals surface area contributed by atoms with Crippen LogP contribution in [0, 0.1) is 12.8 Å². The highest BCUT2D eigenvalue weighted by molar-refractivity contribution is 5.97. The summed E-state index contributed by atoms with van der Waals surface area (Å²) in [5, 5.41) is 5.43. The van der Waals surface area contributed by atoms with Gasteiger partial charge in [-0.3, -0.25) is 4.79 Å². The molecule has 0 spiro atoms. The number of primary amides is 1. The molecule has 1 aliphatic rings. The van der Waals surface area contributed by atoms with Gasteiger partial charge >= 0.3 is 6.03 Å². The van der Waals surface area contributed by atoms with Crippen molar-refractivity contribution >= 4 is 23.3 Å². The number of nitrogens with one attached hydrogen (secondary N) is 2. The summed E-state index contributed by atoms with van der Waals surface area (Å²) in [7, 11) is 0. The number of carbonyl (C=O) groups is 2. The zero-order valence-electron chi connectivity index (χ0n) is 14.8. The van der Waals surface area contributed by atoms with E-state index in [1.807, 2.05) is 26.0 Å². The van der Waals surface area contributed by atoms with Gasteiger partial charge in [0.2, 0.25) is 5.91 Å². The van der Waals surface area contributed by atoms with Gasteiger partial charge in [-0.2, -0.15) is 0 Å². The molecule has 6 heteroatoms. The zero-order valence-corrected chi connectivity index (χ0v) is 14.8. The highest BCUT2D eigenvalue weighted by Gasteiger charge is 2.25. The average Bonchev–Trinajstić information content (AvgIpc) is 3.05. The van der Waals surface area contributed by atoms with Crippen LogP contribution in [0.5, 0.6) is 0 Å². The zero-order chi connectivity index (χ0) is 17.7. The lowest BCUT2D eigenvalue weighted by Crippen LogP contribution is -2.49. The molecular weight excluding hydrogens is 304 g/mol. The Morgan fingerprint density at radius 3 is 2.50 bits per heavy atom. The number of rotatable bonds is 6. The fourth-order valence-electron chi connectivity index (χ4n) is 3.12. The van der Waals surface area contributed by atoms with Gasteiger partial charge in [0.05, 0.1) is 0 Å². The van der Waals surface area contributed by atoms with E-state index >= 15 is 0 Å². The summed E-state index contributed by atoms with van der Waals surface area (Å²) in [6.07, 6.45) is 3.23. The fourth-order valence-corrected chi connectivity index (χ4v) is 3.12. The third-order valence-electron chi connectivity index (χ3n) is 4.70.